The highest BCUT2D eigenvalue weighted by Gasteiger charge is 2.10. The molecule has 6 heteroatoms. The van der Waals surface area contributed by atoms with Crippen molar-refractivity contribution in [2.24, 2.45) is 0 Å². The standard InChI is InChI=1S/C19H21FN2O3/c1-13(2)16-5-3-4-6-17(16)25-12-19(24)22-21-18(23)11-14-7-9-15(20)10-8-14/h3-10,13H,11-12H2,1-2H3,(H,21,23)(H,22,24). The second-order valence-corrected chi connectivity index (χ2v) is 5.88. The Kier molecular flexibility index (Phi) is 6.51. The van der Waals surface area contributed by atoms with Gasteiger partial charge in [0.15, 0.2) is 6.61 Å². The number of benzene rings is 2. The molecule has 5 nitrogen and oxygen atoms in total. The lowest BCUT2D eigenvalue weighted by atomic mass is 10.0. The molecule has 0 unspecified atom stereocenters. The first-order chi connectivity index (χ1) is 12.0. The maximum absolute atomic E-state index is 12.8. The molecule has 2 amide bonds. The van der Waals surface area contributed by atoms with Gasteiger partial charge in [0.25, 0.3) is 5.91 Å². The van der Waals surface area contributed by atoms with Gasteiger partial charge in [-0.15, -0.1) is 0 Å². The first-order valence-electron chi connectivity index (χ1n) is 7.99. The number of hydrogen-bond donors (Lipinski definition) is 2. The van der Waals surface area contributed by atoms with Crippen LogP contribution in [0.25, 0.3) is 0 Å². The summed E-state index contributed by atoms with van der Waals surface area (Å²) in [4.78, 5) is 23.6. The summed E-state index contributed by atoms with van der Waals surface area (Å²) in [5, 5.41) is 0. The predicted octanol–water partition coefficient (Wildman–Crippen LogP) is 2.72. The summed E-state index contributed by atoms with van der Waals surface area (Å²) in [6.45, 7) is 3.87. The van der Waals surface area contributed by atoms with Gasteiger partial charge in [-0.1, -0.05) is 44.2 Å². The topological polar surface area (TPSA) is 67.4 Å². The van der Waals surface area contributed by atoms with Crippen LogP contribution < -0.4 is 15.6 Å². The molecule has 0 bridgehead atoms. The number of carbonyl (C=O) groups is 2. The van der Waals surface area contributed by atoms with Crippen LogP contribution in [-0.2, 0) is 16.0 Å². The number of amides is 2. The molecule has 2 aromatic rings. The van der Waals surface area contributed by atoms with Crippen LogP contribution in [0.2, 0.25) is 0 Å². The summed E-state index contributed by atoms with van der Waals surface area (Å²) in [6.07, 6.45) is 0.0393. The Bertz CT molecular complexity index is 730. The van der Waals surface area contributed by atoms with Gasteiger partial charge in [-0.25, -0.2) is 4.39 Å². The summed E-state index contributed by atoms with van der Waals surface area (Å²) >= 11 is 0. The van der Waals surface area contributed by atoms with Crippen molar-refractivity contribution in [2.75, 3.05) is 6.61 Å². The van der Waals surface area contributed by atoms with Crippen molar-refractivity contribution in [1.82, 2.24) is 10.9 Å². The average molecular weight is 344 g/mol. The van der Waals surface area contributed by atoms with E-state index in [1.54, 1.807) is 6.07 Å². The van der Waals surface area contributed by atoms with Gasteiger partial charge in [-0.2, -0.15) is 0 Å². The van der Waals surface area contributed by atoms with Gasteiger partial charge >= 0.3 is 0 Å². The van der Waals surface area contributed by atoms with Crippen molar-refractivity contribution in [3.63, 3.8) is 0 Å². The number of hydrazine groups is 1. The molecule has 0 aliphatic heterocycles. The Labute approximate surface area is 146 Å². The molecule has 132 valence electrons. The fourth-order valence-electron chi connectivity index (χ4n) is 2.24. The van der Waals surface area contributed by atoms with Crippen LogP contribution in [0.3, 0.4) is 0 Å². The number of rotatable bonds is 6. The molecule has 0 aliphatic carbocycles. The van der Waals surface area contributed by atoms with Gasteiger partial charge in [0.1, 0.15) is 11.6 Å². The summed E-state index contributed by atoms with van der Waals surface area (Å²) in [6, 6.07) is 13.1. The van der Waals surface area contributed by atoms with Crippen molar-refractivity contribution in [1.29, 1.82) is 0 Å². The highest BCUT2D eigenvalue weighted by molar-refractivity contribution is 5.83. The van der Waals surface area contributed by atoms with Crippen LogP contribution in [-0.4, -0.2) is 18.4 Å². The Hall–Kier alpha value is -2.89. The van der Waals surface area contributed by atoms with Crippen LogP contribution in [0, 0.1) is 5.82 Å². The molecular formula is C19H21FN2O3. The third-order valence-corrected chi connectivity index (χ3v) is 3.52. The summed E-state index contributed by atoms with van der Waals surface area (Å²) < 4.78 is 18.3. The minimum absolute atomic E-state index is 0.0393. The molecule has 0 aromatic heterocycles. The molecule has 0 spiro atoms. The number of ether oxygens (including phenoxy) is 1. The average Bonchev–Trinajstić information content (AvgIpc) is 2.60. The zero-order valence-electron chi connectivity index (χ0n) is 14.2. The molecule has 25 heavy (non-hydrogen) atoms. The SMILES string of the molecule is CC(C)c1ccccc1OCC(=O)NNC(=O)Cc1ccc(F)cc1. The Balaban J connectivity index is 1.77. The van der Waals surface area contributed by atoms with Crippen molar-refractivity contribution in [2.45, 2.75) is 26.2 Å². The predicted molar refractivity (Wildman–Crippen MR) is 92.4 cm³/mol. The van der Waals surface area contributed by atoms with Crippen LogP contribution >= 0.6 is 0 Å². The first-order valence-corrected chi connectivity index (χ1v) is 7.99. The highest BCUT2D eigenvalue weighted by atomic mass is 19.1. The van der Waals surface area contributed by atoms with E-state index >= 15 is 0 Å². The third-order valence-electron chi connectivity index (χ3n) is 3.52. The highest BCUT2D eigenvalue weighted by Crippen LogP contribution is 2.25. The van der Waals surface area contributed by atoms with Crippen LogP contribution in [0.5, 0.6) is 5.75 Å². The van der Waals surface area contributed by atoms with Gasteiger partial charge in [0, 0.05) is 0 Å². The lowest BCUT2D eigenvalue weighted by molar-refractivity contribution is -0.129. The molecule has 0 radical (unpaired) electrons. The number of hydrogen-bond acceptors (Lipinski definition) is 3. The number of nitrogens with one attached hydrogen (secondary N) is 2. The molecule has 0 saturated carbocycles. The molecule has 2 aromatic carbocycles. The van der Waals surface area contributed by atoms with E-state index in [9.17, 15) is 14.0 Å². The van der Waals surface area contributed by atoms with Crippen LogP contribution in [0.4, 0.5) is 4.39 Å². The minimum Gasteiger partial charge on any atom is -0.483 e. The monoisotopic (exact) mass is 344 g/mol. The van der Waals surface area contributed by atoms with Gasteiger partial charge in [-0.3, -0.25) is 20.4 Å². The van der Waals surface area contributed by atoms with E-state index in [-0.39, 0.29) is 24.8 Å². The molecule has 2 N–H and O–H groups in total. The molecule has 0 saturated heterocycles. The fraction of sp³-hybridized carbons (Fsp3) is 0.263. The quantitative estimate of drug-likeness (QED) is 0.792. The van der Waals surface area contributed by atoms with Crippen LogP contribution in [0.15, 0.2) is 48.5 Å². The van der Waals surface area contributed by atoms with Crippen molar-refractivity contribution in [3.8, 4) is 5.75 Å². The largest absolute Gasteiger partial charge is 0.483 e. The smallest absolute Gasteiger partial charge is 0.276 e. The van der Waals surface area contributed by atoms with Crippen molar-refractivity contribution >= 4 is 11.8 Å². The van der Waals surface area contributed by atoms with E-state index in [1.807, 2.05) is 32.0 Å². The number of para-hydroxylation sites is 1. The lowest BCUT2D eigenvalue weighted by Crippen LogP contribution is -2.44. The van der Waals surface area contributed by atoms with Gasteiger partial charge in [0.05, 0.1) is 6.42 Å². The second kappa shape index (κ2) is 8.82. The lowest BCUT2D eigenvalue weighted by Gasteiger charge is -2.14. The van der Waals surface area contributed by atoms with E-state index in [2.05, 4.69) is 10.9 Å². The Morgan fingerprint density at radius 2 is 1.64 bits per heavy atom. The van der Waals surface area contributed by atoms with Gasteiger partial charge < -0.3 is 4.74 Å². The number of carbonyl (C=O) groups excluding carboxylic acids is 2. The van der Waals surface area contributed by atoms with Crippen LogP contribution in [0.1, 0.15) is 30.9 Å². The molecule has 0 aliphatic rings. The molecule has 0 heterocycles. The van der Waals surface area contributed by atoms with E-state index in [4.69, 9.17) is 4.74 Å². The van der Waals surface area contributed by atoms with E-state index in [1.165, 1.54) is 24.3 Å². The third kappa shape index (κ3) is 5.91. The maximum Gasteiger partial charge on any atom is 0.276 e. The zero-order chi connectivity index (χ0) is 18.2. The molecule has 2 rings (SSSR count). The van der Waals surface area contributed by atoms with Gasteiger partial charge in [-0.05, 0) is 35.2 Å². The zero-order valence-corrected chi connectivity index (χ0v) is 14.2. The summed E-state index contributed by atoms with van der Waals surface area (Å²) in [7, 11) is 0. The summed E-state index contributed by atoms with van der Waals surface area (Å²) in [5.74, 6) is -0.315. The molecule has 0 fully saturated rings. The maximum atomic E-state index is 12.8. The minimum atomic E-state index is -0.467. The second-order valence-electron chi connectivity index (χ2n) is 5.88. The van der Waals surface area contributed by atoms with Gasteiger partial charge in [0.2, 0.25) is 5.91 Å². The molecule has 0 atom stereocenters. The van der Waals surface area contributed by atoms with E-state index in [0.717, 1.165) is 5.56 Å². The Morgan fingerprint density at radius 1 is 1.00 bits per heavy atom. The molecular weight excluding hydrogens is 323 g/mol. The Morgan fingerprint density at radius 3 is 2.32 bits per heavy atom. The normalized spacial score (nSPS) is 10.4. The fourth-order valence-corrected chi connectivity index (χ4v) is 2.24. The van der Waals surface area contributed by atoms with Crippen molar-refractivity contribution < 1.29 is 18.7 Å². The number of halogens is 1. The van der Waals surface area contributed by atoms with E-state index in [0.29, 0.717) is 11.3 Å². The van der Waals surface area contributed by atoms with E-state index < -0.39 is 11.8 Å². The first kappa shape index (κ1) is 18.4. The van der Waals surface area contributed by atoms with Crippen molar-refractivity contribution in [3.05, 3.63) is 65.5 Å². The summed E-state index contributed by atoms with van der Waals surface area (Å²) in [5.41, 5.74) is 6.26.